The van der Waals surface area contributed by atoms with Crippen LogP contribution in [0, 0.1) is 17.6 Å². The van der Waals surface area contributed by atoms with Gasteiger partial charge in [0.05, 0.1) is 6.04 Å². The highest BCUT2D eigenvalue weighted by molar-refractivity contribution is 6.07. The smallest absolute Gasteiger partial charge is 0.254 e. The molecule has 0 radical (unpaired) electrons. The topological polar surface area (TPSA) is 49.4 Å². The van der Waals surface area contributed by atoms with Crippen molar-refractivity contribution in [1.82, 2.24) is 10.2 Å². The molecule has 1 aliphatic heterocycles. The number of nitrogens with one attached hydrogen (secondary N) is 1. The maximum absolute atomic E-state index is 13.5. The third-order valence-electron chi connectivity index (χ3n) is 5.98. The predicted molar refractivity (Wildman–Crippen MR) is 115 cm³/mol. The van der Waals surface area contributed by atoms with Crippen LogP contribution in [-0.4, -0.2) is 29.8 Å². The summed E-state index contributed by atoms with van der Waals surface area (Å²) < 4.78 is 26.6. The molecule has 0 aromatic heterocycles. The SMILES string of the molecule is CC(NC(=O)C1CCN(C(=O)c2cccc3ccccc23)CC1)c1ccc(F)c(F)c1. The van der Waals surface area contributed by atoms with E-state index < -0.39 is 17.7 Å². The number of amides is 2. The molecule has 1 fully saturated rings. The first-order valence-corrected chi connectivity index (χ1v) is 10.5. The van der Waals surface area contributed by atoms with Crippen LogP contribution in [0.5, 0.6) is 0 Å². The molecule has 6 heteroatoms. The minimum Gasteiger partial charge on any atom is -0.349 e. The molecule has 3 aromatic rings. The zero-order valence-electron chi connectivity index (χ0n) is 17.3. The molecule has 1 unspecified atom stereocenters. The summed E-state index contributed by atoms with van der Waals surface area (Å²) in [4.78, 5) is 27.5. The lowest BCUT2D eigenvalue weighted by Crippen LogP contribution is -2.43. The van der Waals surface area contributed by atoms with E-state index in [9.17, 15) is 18.4 Å². The second-order valence-electron chi connectivity index (χ2n) is 8.00. The Morgan fingerprint density at radius 2 is 1.68 bits per heavy atom. The lowest BCUT2D eigenvalue weighted by molar-refractivity contribution is -0.127. The highest BCUT2D eigenvalue weighted by Gasteiger charge is 2.29. The van der Waals surface area contributed by atoms with E-state index in [4.69, 9.17) is 0 Å². The van der Waals surface area contributed by atoms with Crippen LogP contribution in [0.15, 0.2) is 60.7 Å². The quantitative estimate of drug-likeness (QED) is 0.654. The van der Waals surface area contributed by atoms with Crippen molar-refractivity contribution >= 4 is 22.6 Å². The highest BCUT2D eigenvalue weighted by atomic mass is 19.2. The molecule has 2 amide bonds. The fraction of sp³-hybridized carbons (Fsp3) is 0.280. The number of rotatable bonds is 4. The van der Waals surface area contributed by atoms with Crippen molar-refractivity contribution in [2.24, 2.45) is 5.92 Å². The second-order valence-corrected chi connectivity index (χ2v) is 8.00. The first-order valence-electron chi connectivity index (χ1n) is 10.5. The lowest BCUT2D eigenvalue weighted by Gasteiger charge is -2.32. The molecule has 1 atom stereocenters. The number of likely N-dealkylation sites (tertiary alicyclic amines) is 1. The van der Waals surface area contributed by atoms with Crippen LogP contribution >= 0.6 is 0 Å². The van der Waals surface area contributed by atoms with Crippen molar-refractivity contribution in [3.63, 3.8) is 0 Å². The van der Waals surface area contributed by atoms with Gasteiger partial charge >= 0.3 is 0 Å². The molecular weight excluding hydrogens is 398 g/mol. The standard InChI is InChI=1S/C25H24F2N2O2/c1-16(19-9-10-22(26)23(27)15-19)28-24(30)18-11-13-29(14-12-18)25(31)21-8-4-6-17-5-2-3-7-20(17)21/h2-10,15-16,18H,11-14H2,1H3,(H,28,30). The van der Waals surface area contributed by atoms with Crippen LogP contribution in [0.2, 0.25) is 0 Å². The van der Waals surface area contributed by atoms with Crippen LogP contribution < -0.4 is 5.32 Å². The molecule has 0 aliphatic carbocycles. The Bertz CT molecular complexity index is 1120. The van der Waals surface area contributed by atoms with E-state index in [1.165, 1.54) is 6.07 Å². The van der Waals surface area contributed by atoms with Crippen molar-refractivity contribution in [1.29, 1.82) is 0 Å². The van der Waals surface area contributed by atoms with E-state index in [0.29, 0.717) is 37.1 Å². The Morgan fingerprint density at radius 1 is 0.968 bits per heavy atom. The third kappa shape index (κ3) is 4.43. The fourth-order valence-corrected chi connectivity index (χ4v) is 4.12. The summed E-state index contributed by atoms with van der Waals surface area (Å²) in [5, 5.41) is 4.83. The van der Waals surface area contributed by atoms with Crippen LogP contribution in [-0.2, 0) is 4.79 Å². The molecular formula is C25H24F2N2O2. The average Bonchev–Trinajstić information content (AvgIpc) is 2.80. The van der Waals surface area contributed by atoms with Crippen molar-refractivity contribution in [3.8, 4) is 0 Å². The van der Waals surface area contributed by atoms with Gasteiger partial charge in [0.15, 0.2) is 11.6 Å². The predicted octanol–water partition coefficient (Wildman–Crippen LogP) is 4.85. The molecule has 160 valence electrons. The number of piperidine rings is 1. The molecule has 0 spiro atoms. The molecule has 4 nitrogen and oxygen atoms in total. The van der Waals surface area contributed by atoms with E-state index in [-0.39, 0.29) is 17.7 Å². The third-order valence-corrected chi connectivity index (χ3v) is 5.98. The van der Waals surface area contributed by atoms with E-state index in [2.05, 4.69) is 5.32 Å². The van der Waals surface area contributed by atoms with E-state index >= 15 is 0 Å². The summed E-state index contributed by atoms with van der Waals surface area (Å²) in [5.74, 6) is -2.21. The maximum Gasteiger partial charge on any atom is 0.254 e. The number of hydrogen-bond donors (Lipinski definition) is 1. The van der Waals surface area contributed by atoms with Crippen LogP contribution in [0.4, 0.5) is 8.78 Å². The van der Waals surface area contributed by atoms with E-state index in [1.807, 2.05) is 42.5 Å². The van der Waals surface area contributed by atoms with Gasteiger partial charge in [0.25, 0.3) is 5.91 Å². The van der Waals surface area contributed by atoms with Gasteiger partial charge in [-0.2, -0.15) is 0 Å². The average molecular weight is 422 g/mol. The Hall–Kier alpha value is -3.28. The van der Waals surface area contributed by atoms with Crippen molar-refractivity contribution in [2.45, 2.75) is 25.8 Å². The zero-order valence-corrected chi connectivity index (χ0v) is 17.3. The normalized spacial score (nSPS) is 15.6. The van der Waals surface area contributed by atoms with Crippen molar-refractivity contribution in [2.75, 3.05) is 13.1 Å². The monoisotopic (exact) mass is 422 g/mol. The Labute approximate surface area is 179 Å². The molecule has 4 rings (SSSR count). The number of carbonyl (C=O) groups is 2. The number of hydrogen-bond acceptors (Lipinski definition) is 2. The van der Waals surface area contributed by atoms with Crippen molar-refractivity contribution < 1.29 is 18.4 Å². The second kappa shape index (κ2) is 8.84. The highest BCUT2D eigenvalue weighted by Crippen LogP contribution is 2.24. The van der Waals surface area contributed by atoms with E-state index in [0.717, 1.165) is 22.9 Å². The zero-order chi connectivity index (χ0) is 22.0. The molecule has 1 aliphatic rings. The Morgan fingerprint density at radius 3 is 2.42 bits per heavy atom. The van der Waals surface area contributed by atoms with Gasteiger partial charge in [-0.3, -0.25) is 9.59 Å². The molecule has 0 bridgehead atoms. The van der Waals surface area contributed by atoms with Crippen LogP contribution in [0.25, 0.3) is 10.8 Å². The van der Waals surface area contributed by atoms with Gasteiger partial charge in [-0.25, -0.2) is 8.78 Å². The number of fused-ring (bicyclic) bond motifs is 1. The summed E-state index contributed by atoms with van der Waals surface area (Å²) >= 11 is 0. The Balaban J connectivity index is 1.37. The summed E-state index contributed by atoms with van der Waals surface area (Å²) in [6, 6.07) is 16.7. The maximum atomic E-state index is 13.5. The van der Waals surface area contributed by atoms with E-state index in [1.54, 1.807) is 11.8 Å². The lowest BCUT2D eigenvalue weighted by atomic mass is 9.94. The summed E-state index contributed by atoms with van der Waals surface area (Å²) in [6.45, 7) is 2.74. The number of benzene rings is 3. The molecule has 1 saturated heterocycles. The van der Waals surface area contributed by atoms with Crippen molar-refractivity contribution in [3.05, 3.63) is 83.4 Å². The van der Waals surface area contributed by atoms with Crippen LogP contribution in [0.1, 0.15) is 41.7 Å². The number of carbonyl (C=O) groups excluding carboxylic acids is 2. The fourth-order valence-electron chi connectivity index (χ4n) is 4.12. The molecule has 1 N–H and O–H groups in total. The molecule has 1 heterocycles. The van der Waals surface area contributed by atoms with Gasteiger partial charge in [-0.1, -0.05) is 42.5 Å². The minimum atomic E-state index is -0.932. The van der Waals surface area contributed by atoms with Gasteiger partial charge in [-0.05, 0) is 54.3 Å². The van der Waals surface area contributed by atoms with Crippen LogP contribution in [0.3, 0.4) is 0 Å². The molecule has 0 saturated carbocycles. The summed E-state index contributed by atoms with van der Waals surface area (Å²) in [6.07, 6.45) is 1.12. The number of nitrogens with zero attached hydrogens (tertiary/aromatic N) is 1. The largest absolute Gasteiger partial charge is 0.349 e. The first-order chi connectivity index (χ1) is 14.9. The summed E-state index contributed by atoms with van der Waals surface area (Å²) in [7, 11) is 0. The molecule has 3 aromatic carbocycles. The Kier molecular flexibility index (Phi) is 5.98. The first kappa shape index (κ1) is 21.0. The molecule has 31 heavy (non-hydrogen) atoms. The van der Waals surface area contributed by atoms with Gasteiger partial charge in [0, 0.05) is 24.6 Å². The van der Waals surface area contributed by atoms with Gasteiger partial charge in [0.2, 0.25) is 5.91 Å². The number of halogens is 2. The van der Waals surface area contributed by atoms with Gasteiger partial charge in [0.1, 0.15) is 0 Å². The van der Waals surface area contributed by atoms with Gasteiger partial charge in [-0.15, -0.1) is 0 Å². The van der Waals surface area contributed by atoms with Gasteiger partial charge < -0.3 is 10.2 Å². The summed E-state index contributed by atoms with van der Waals surface area (Å²) in [5.41, 5.74) is 1.18. The minimum absolute atomic E-state index is 0.0224.